The number of carbonyl (C=O) groups excluding carboxylic acids is 1. The largest absolute Gasteiger partial charge is 0.507 e. The van der Waals surface area contributed by atoms with Gasteiger partial charge >= 0.3 is 5.97 Å². The number of aliphatic imine (C=N–C) groups is 1. The second-order valence-corrected chi connectivity index (χ2v) is 17.3. The van der Waals surface area contributed by atoms with Crippen LogP contribution in [0.25, 0.3) is 22.2 Å². The van der Waals surface area contributed by atoms with Gasteiger partial charge < -0.3 is 45.4 Å². The maximum Gasteiger partial charge on any atom is 0.342 e. The van der Waals surface area contributed by atoms with Crippen molar-refractivity contribution < 1.29 is 28.5 Å². The van der Waals surface area contributed by atoms with E-state index in [1.54, 1.807) is 19.1 Å². The number of phenolic OH excluding ortho intramolecular Hbond substituents is 1. The molecule has 4 aromatic rings. The van der Waals surface area contributed by atoms with Crippen molar-refractivity contribution >= 4 is 34.3 Å². The minimum absolute atomic E-state index is 0.0394. The van der Waals surface area contributed by atoms with E-state index in [1.165, 1.54) is 6.07 Å². The van der Waals surface area contributed by atoms with Gasteiger partial charge in [0.2, 0.25) is 0 Å². The van der Waals surface area contributed by atoms with Gasteiger partial charge in [0.1, 0.15) is 51.6 Å². The van der Waals surface area contributed by atoms with Crippen molar-refractivity contribution in [2.45, 2.75) is 75.9 Å². The van der Waals surface area contributed by atoms with Crippen LogP contribution in [-0.2, 0) is 27.2 Å². The van der Waals surface area contributed by atoms with Crippen molar-refractivity contribution in [3.8, 4) is 22.8 Å². The number of ether oxygens (including phenoxy) is 3. The summed E-state index contributed by atoms with van der Waals surface area (Å²) in [6.07, 6.45) is 10.7. The van der Waals surface area contributed by atoms with Crippen molar-refractivity contribution in [1.29, 1.82) is 0 Å². The van der Waals surface area contributed by atoms with Gasteiger partial charge in [-0.25, -0.2) is 14.8 Å². The number of carbonyl (C=O) groups is 1. The topological polar surface area (TPSA) is 204 Å². The SMILES string of the molecule is CNCC1CC2C=CC1C1c3c(cc4oc(C)cc(=O)c4c3O)OC(C)(C)C1OC(=O)C21OC1CCc1cc(N)nc(-c2cc(N)nc(CN3C=C4C=CN=C4C3)c2)c1. The summed E-state index contributed by atoms with van der Waals surface area (Å²) in [5, 5.41) is 15.3. The summed E-state index contributed by atoms with van der Waals surface area (Å²) < 4.78 is 25.6. The zero-order valence-electron chi connectivity index (χ0n) is 33.4. The van der Waals surface area contributed by atoms with Gasteiger partial charge in [0.25, 0.3) is 0 Å². The number of rotatable bonds is 8. The van der Waals surface area contributed by atoms with Crippen molar-refractivity contribution in [3.63, 3.8) is 0 Å². The fourth-order valence-corrected chi connectivity index (χ4v) is 10.3. The summed E-state index contributed by atoms with van der Waals surface area (Å²) in [4.78, 5) is 43.8. The fraction of sp³-hybridized carbons (Fsp3) is 0.400. The number of pyridine rings is 2. The molecule has 2 saturated heterocycles. The van der Waals surface area contributed by atoms with Gasteiger partial charge in [0.05, 0.1) is 36.3 Å². The summed E-state index contributed by atoms with van der Waals surface area (Å²) in [5.41, 5.74) is 16.2. The highest BCUT2D eigenvalue weighted by atomic mass is 16.7. The van der Waals surface area contributed by atoms with Gasteiger partial charge in [-0.2, -0.15) is 0 Å². The van der Waals surface area contributed by atoms with Crippen molar-refractivity contribution in [3.05, 3.63) is 105 Å². The number of phenols is 1. The number of fused-ring (bicyclic) bond motifs is 5. The Labute approximate surface area is 340 Å². The van der Waals surface area contributed by atoms with E-state index in [0.717, 1.165) is 28.1 Å². The van der Waals surface area contributed by atoms with Gasteiger partial charge in [0, 0.05) is 53.1 Å². The highest BCUT2D eigenvalue weighted by molar-refractivity contribution is 6.07. The second-order valence-electron chi connectivity index (χ2n) is 17.3. The van der Waals surface area contributed by atoms with Gasteiger partial charge in [-0.15, -0.1) is 0 Å². The molecule has 7 unspecified atom stereocenters. The minimum atomic E-state index is -1.21. The second kappa shape index (κ2) is 13.5. The first-order valence-corrected chi connectivity index (χ1v) is 20.2. The van der Waals surface area contributed by atoms with E-state index in [2.05, 4.69) is 43.5 Å². The Morgan fingerprint density at radius 1 is 1.05 bits per heavy atom. The molecular weight excluding hydrogens is 751 g/mol. The van der Waals surface area contributed by atoms with E-state index >= 15 is 0 Å². The zero-order valence-corrected chi connectivity index (χ0v) is 33.4. The molecule has 11 rings (SSSR count). The van der Waals surface area contributed by atoms with Gasteiger partial charge in [0.15, 0.2) is 11.0 Å². The predicted octanol–water partition coefficient (Wildman–Crippen LogP) is 5.07. The highest BCUT2D eigenvalue weighted by Crippen LogP contribution is 2.59. The third-order valence-corrected chi connectivity index (χ3v) is 12.9. The van der Waals surface area contributed by atoms with Crippen LogP contribution < -0.4 is 26.9 Å². The molecule has 59 heavy (non-hydrogen) atoms. The van der Waals surface area contributed by atoms with E-state index in [4.69, 9.17) is 30.1 Å². The molecule has 6 N–H and O–H groups in total. The van der Waals surface area contributed by atoms with Gasteiger partial charge in [-0.05, 0) is 101 Å². The molecule has 0 saturated carbocycles. The monoisotopic (exact) mass is 797 g/mol. The lowest BCUT2D eigenvalue weighted by Crippen LogP contribution is -2.54. The van der Waals surface area contributed by atoms with Crippen LogP contribution in [-0.4, -0.2) is 75.2 Å². The molecule has 0 amide bonds. The number of aryl methyl sites for hydroxylation is 2. The first kappa shape index (κ1) is 37.3. The molecule has 1 aromatic carbocycles. The van der Waals surface area contributed by atoms with Gasteiger partial charge in [-0.1, -0.05) is 12.2 Å². The van der Waals surface area contributed by atoms with Crippen molar-refractivity contribution in [2.75, 3.05) is 31.6 Å². The van der Waals surface area contributed by atoms with E-state index < -0.39 is 35.3 Å². The molecular formula is C45H47N7O7. The highest BCUT2D eigenvalue weighted by Gasteiger charge is 2.70. The predicted molar refractivity (Wildman–Crippen MR) is 222 cm³/mol. The average Bonchev–Trinajstić information content (AvgIpc) is 3.52. The lowest BCUT2D eigenvalue weighted by Gasteiger charge is -2.47. The van der Waals surface area contributed by atoms with Gasteiger partial charge in [-0.3, -0.25) is 9.79 Å². The Kier molecular flexibility index (Phi) is 8.55. The maximum absolute atomic E-state index is 14.7. The lowest BCUT2D eigenvalue weighted by atomic mass is 9.64. The number of hydrogen-bond acceptors (Lipinski definition) is 14. The van der Waals surface area contributed by atoms with E-state index in [1.807, 2.05) is 51.4 Å². The number of benzene rings is 1. The molecule has 304 valence electrons. The number of allylic oxidation sites excluding steroid dienone is 2. The van der Waals surface area contributed by atoms with Crippen molar-refractivity contribution in [1.82, 2.24) is 20.2 Å². The molecule has 14 heteroatoms. The molecule has 14 nitrogen and oxygen atoms in total. The summed E-state index contributed by atoms with van der Waals surface area (Å²) in [7, 11) is 1.91. The van der Waals surface area contributed by atoms with Crippen LogP contribution in [0.1, 0.15) is 55.2 Å². The third kappa shape index (κ3) is 6.19. The summed E-state index contributed by atoms with van der Waals surface area (Å²) in [5.74, 6) is 0.0362. The number of nitrogens with zero attached hydrogens (tertiary/aromatic N) is 4. The molecule has 6 aliphatic heterocycles. The first-order valence-electron chi connectivity index (χ1n) is 20.2. The minimum Gasteiger partial charge on any atom is -0.507 e. The van der Waals surface area contributed by atoms with E-state index in [0.29, 0.717) is 73.3 Å². The molecule has 7 atom stereocenters. The number of anilines is 2. The number of aromatic hydroxyl groups is 1. The van der Waals surface area contributed by atoms with Crippen LogP contribution >= 0.6 is 0 Å². The van der Waals surface area contributed by atoms with E-state index in [-0.39, 0.29) is 39.9 Å². The van der Waals surface area contributed by atoms with Crippen LogP contribution in [0.4, 0.5) is 11.6 Å². The normalized spacial score (nSPS) is 28.3. The van der Waals surface area contributed by atoms with Crippen LogP contribution in [0.2, 0.25) is 0 Å². The van der Waals surface area contributed by atoms with Crippen LogP contribution in [0.3, 0.4) is 0 Å². The number of nitrogens with two attached hydrogens (primary N) is 2. The number of hydrogen-bond donors (Lipinski definition) is 4. The molecule has 7 aliphatic rings. The Morgan fingerprint density at radius 3 is 2.69 bits per heavy atom. The standard InChI is InChI=1S/C45H47N7O7/c1-22-11-32(53)39-33(56-22)17-34-40(41(39)54)38-29-7-6-27(14-26(29)18-48-4)45(43(55)57-42(38)44(2,3)58-34)35(59-45)8-5-23-12-30(51-36(46)13-23)25-15-28(50-37(47)16-25)20-52-19-24-9-10-49-31(24)21-52/h6-7,9-13,15-17,19,26-27,29,35,38,42,48,54H,5,8,14,18,20-21H2,1-4H3,(H2,46,51)(H2,47,50). The molecule has 2 fully saturated rings. The summed E-state index contributed by atoms with van der Waals surface area (Å²) >= 11 is 0. The number of esters is 1. The Bertz CT molecular complexity index is 2630. The Hall–Kier alpha value is -5.99. The zero-order chi connectivity index (χ0) is 41.0. The average molecular weight is 798 g/mol. The smallest absolute Gasteiger partial charge is 0.342 e. The third-order valence-electron chi connectivity index (χ3n) is 12.9. The number of aromatic nitrogens is 2. The number of nitrogen functional groups attached to an aromatic ring is 2. The first-order chi connectivity index (χ1) is 28.3. The summed E-state index contributed by atoms with van der Waals surface area (Å²) in [6, 6.07) is 10.7. The molecule has 1 aliphatic carbocycles. The number of epoxide rings is 1. The fourth-order valence-electron chi connectivity index (χ4n) is 10.3. The summed E-state index contributed by atoms with van der Waals surface area (Å²) in [6.45, 7) is 7.40. The van der Waals surface area contributed by atoms with Crippen molar-refractivity contribution in [2.24, 2.45) is 22.7 Å². The molecule has 9 heterocycles. The quantitative estimate of drug-likeness (QED) is 0.105. The van der Waals surface area contributed by atoms with E-state index in [9.17, 15) is 14.7 Å². The van der Waals surface area contributed by atoms with Crippen LogP contribution in [0.5, 0.6) is 11.5 Å². The molecule has 0 radical (unpaired) electrons. The molecule has 2 bridgehead atoms. The Morgan fingerprint density at radius 2 is 1.88 bits per heavy atom. The molecule has 1 spiro atoms. The van der Waals surface area contributed by atoms with Crippen LogP contribution in [0.15, 0.2) is 86.8 Å². The number of nitrogens with one attached hydrogen (secondary N) is 1. The maximum atomic E-state index is 14.7. The lowest BCUT2D eigenvalue weighted by molar-refractivity contribution is -0.172. The molecule has 3 aromatic heterocycles. The Balaban J connectivity index is 0.934. The van der Waals surface area contributed by atoms with Crippen LogP contribution in [0, 0.1) is 24.7 Å².